The normalized spacial score (nSPS) is 18.6. The van der Waals surface area contributed by atoms with E-state index in [1.54, 1.807) is 0 Å². The van der Waals surface area contributed by atoms with E-state index in [0.717, 1.165) is 34.0 Å². The molecule has 0 fully saturated rings. The second-order valence-electron chi connectivity index (χ2n) is 28.2. The van der Waals surface area contributed by atoms with Gasteiger partial charge in [0, 0.05) is 53.7 Å². The largest absolute Gasteiger partial charge is 0.454 e. The molecule has 78 heavy (non-hydrogen) atoms. The van der Waals surface area contributed by atoms with Gasteiger partial charge in [-0.3, -0.25) is 0 Å². The number of nitrogens with zero attached hydrogens (tertiary/aromatic N) is 2. The number of anilines is 5. The number of furan rings is 1. The third-order valence-electron chi connectivity index (χ3n) is 20.1. The Morgan fingerprint density at radius 1 is 0.474 bits per heavy atom. The topological polar surface area (TPSA) is 19.6 Å². The molecule has 3 aliphatic carbocycles. The maximum absolute atomic E-state index is 7.42. The highest BCUT2D eigenvalue weighted by molar-refractivity contribution is 7.32. The molecule has 0 atom stereocenters. The highest BCUT2D eigenvalue weighted by Gasteiger charge is 2.51. The van der Waals surface area contributed by atoms with Crippen LogP contribution >= 0.6 is 11.3 Å². The predicted octanol–water partition coefficient (Wildman–Crippen LogP) is 19.5. The number of rotatable bonds is 3. The van der Waals surface area contributed by atoms with Crippen molar-refractivity contribution in [3.8, 4) is 33.4 Å². The summed E-state index contributed by atoms with van der Waals surface area (Å²) in [7, 11) is 0. The quantitative estimate of drug-likeness (QED) is 0.164. The van der Waals surface area contributed by atoms with Crippen LogP contribution in [0.15, 0.2) is 150 Å². The van der Waals surface area contributed by atoms with Gasteiger partial charge in [-0.05, 0) is 192 Å². The Kier molecular flexibility index (Phi) is 9.74. The first kappa shape index (κ1) is 48.3. The van der Waals surface area contributed by atoms with Gasteiger partial charge in [-0.15, -0.1) is 11.3 Å². The van der Waals surface area contributed by atoms with Crippen molar-refractivity contribution in [2.24, 2.45) is 0 Å². The van der Waals surface area contributed by atoms with Gasteiger partial charge in [0.2, 0.25) is 0 Å². The van der Waals surface area contributed by atoms with Crippen LogP contribution in [0.4, 0.5) is 28.4 Å². The van der Waals surface area contributed by atoms with E-state index in [1.807, 2.05) is 11.3 Å². The summed E-state index contributed by atoms with van der Waals surface area (Å²) in [5.74, 6) is 0. The Bertz CT molecular complexity index is 4230. The fourth-order valence-electron chi connectivity index (χ4n) is 15.2. The van der Waals surface area contributed by atoms with Crippen LogP contribution in [0.3, 0.4) is 0 Å². The molecule has 0 N–H and O–H groups in total. The van der Waals surface area contributed by atoms with Crippen LogP contribution in [-0.4, -0.2) is 6.85 Å². The Labute approximate surface area is 466 Å². The first-order valence-corrected chi connectivity index (χ1v) is 29.7. The highest BCUT2D eigenvalue weighted by Crippen LogP contribution is 2.60. The molecule has 0 saturated carbocycles. The minimum Gasteiger partial charge on any atom is -0.454 e. The van der Waals surface area contributed by atoms with E-state index in [9.17, 15) is 0 Å². The molecule has 5 heteroatoms. The fraction of sp³-hybridized carbons (Fsp3) is 0.315. The zero-order valence-corrected chi connectivity index (χ0v) is 48.8. The summed E-state index contributed by atoms with van der Waals surface area (Å²) in [6.07, 6.45) is 4.69. The molecule has 0 radical (unpaired) electrons. The zero-order valence-electron chi connectivity index (χ0n) is 48.0. The summed E-state index contributed by atoms with van der Waals surface area (Å²) >= 11 is 1.97. The van der Waals surface area contributed by atoms with Crippen molar-refractivity contribution in [3.05, 3.63) is 185 Å². The van der Waals surface area contributed by atoms with E-state index < -0.39 is 0 Å². The van der Waals surface area contributed by atoms with Crippen LogP contribution < -0.4 is 20.0 Å². The molecule has 0 unspecified atom stereocenters. The van der Waals surface area contributed by atoms with E-state index in [0.29, 0.717) is 0 Å². The lowest BCUT2D eigenvalue weighted by molar-refractivity contribution is 0.331. The highest BCUT2D eigenvalue weighted by atomic mass is 32.1. The van der Waals surface area contributed by atoms with Gasteiger partial charge in [0.25, 0.3) is 0 Å². The summed E-state index contributed by atoms with van der Waals surface area (Å²) < 4.78 is 10.1. The number of thiophene rings is 1. The molecule has 4 heterocycles. The molecule has 0 saturated heterocycles. The van der Waals surface area contributed by atoms with Gasteiger partial charge in [0.15, 0.2) is 5.58 Å². The van der Waals surface area contributed by atoms with Crippen LogP contribution in [0.5, 0.6) is 0 Å². The number of benzene rings is 8. The van der Waals surface area contributed by atoms with E-state index >= 15 is 0 Å². The maximum Gasteiger partial charge on any atom is 0.343 e. The van der Waals surface area contributed by atoms with Crippen LogP contribution in [0, 0.1) is 0 Å². The minimum atomic E-state index is -0.223. The van der Waals surface area contributed by atoms with Crippen molar-refractivity contribution in [3.63, 3.8) is 0 Å². The van der Waals surface area contributed by atoms with E-state index in [-0.39, 0.29) is 39.3 Å². The standard InChI is InChI=1S/C73H71BN2OS/c1-68(2,3)44-24-26-45(27-25-44)76-60-41-56-48(49-39-58-59(40-55(49)73(56,12)13)72(10,11)34-33-71(58,8)9)37-50(60)51-38-52-47-21-17-18-22-61(47)77-66(52)65-63(51)74(76)67-64(53-35-43(23-30-62(53)78-67)42-19-15-14-16-20-42)75(65)46-28-29-54-57(36-46)70(6,7)32-31-69(54,4)5/h14-30,35-41H,31-34H2,1-13H3. The van der Waals surface area contributed by atoms with Crippen molar-refractivity contribution in [2.75, 3.05) is 9.71 Å². The smallest absolute Gasteiger partial charge is 0.343 e. The summed E-state index contributed by atoms with van der Waals surface area (Å²) in [5, 5.41) is 3.57. The lowest BCUT2D eigenvalue weighted by Gasteiger charge is -2.46. The second-order valence-corrected chi connectivity index (χ2v) is 29.3. The summed E-state index contributed by atoms with van der Waals surface area (Å²) in [4.78, 5) is 5.43. The number of hydrogen-bond acceptors (Lipinski definition) is 4. The van der Waals surface area contributed by atoms with Crippen LogP contribution in [0.2, 0.25) is 0 Å². The molecule has 2 aliphatic heterocycles. The Hall–Kier alpha value is -6.82. The third-order valence-corrected chi connectivity index (χ3v) is 21.3. The van der Waals surface area contributed by atoms with Gasteiger partial charge < -0.3 is 14.1 Å². The fourth-order valence-corrected chi connectivity index (χ4v) is 16.4. The molecule has 0 amide bonds. The van der Waals surface area contributed by atoms with E-state index in [1.165, 1.54) is 135 Å². The minimum absolute atomic E-state index is 0.00300. The number of para-hydroxylation sites is 1. The predicted molar refractivity (Wildman–Crippen MR) is 335 cm³/mol. The van der Waals surface area contributed by atoms with E-state index in [4.69, 9.17) is 4.42 Å². The third kappa shape index (κ3) is 6.63. The lowest BCUT2D eigenvalue weighted by Crippen LogP contribution is -2.60. The summed E-state index contributed by atoms with van der Waals surface area (Å²) in [6, 6.07) is 57.1. The Balaban J connectivity index is 1.10. The molecule has 5 aliphatic rings. The Morgan fingerprint density at radius 2 is 1.09 bits per heavy atom. The number of fused-ring (bicyclic) bond motifs is 15. The molecular formula is C73H71BN2OS. The monoisotopic (exact) mass is 1030 g/mol. The average Bonchev–Trinajstić information content (AvgIpc) is 3.85. The SMILES string of the molecule is CC(C)(C)c1ccc(N2B3c4sc5ccc(-c6ccccc6)cc5c4N(c4ccc5c(c4)C(C)(C)CCC5(C)C)c4c3c(cc3c4oc4ccccc43)-c3cc4c(cc32)C(C)(C)c2cc3c(cc2-4)C(C)(C)CCC3(C)C)cc1. The van der Waals surface area contributed by atoms with E-state index in [2.05, 4.69) is 245 Å². The molecule has 0 bridgehead atoms. The first-order chi connectivity index (χ1) is 37.0. The second kappa shape index (κ2) is 15.7. The van der Waals surface area contributed by atoms with Crippen LogP contribution in [0.25, 0.3) is 65.4 Å². The Morgan fingerprint density at radius 3 is 1.79 bits per heavy atom. The molecule has 8 aromatic carbocycles. The first-order valence-electron chi connectivity index (χ1n) is 28.9. The molecule has 2 aromatic heterocycles. The molecule has 15 rings (SSSR count). The van der Waals surface area contributed by atoms with Crippen molar-refractivity contribution < 1.29 is 4.42 Å². The zero-order chi connectivity index (χ0) is 54.0. The molecule has 3 nitrogen and oxygen atoms in total. The van der Waals surface area contributed by atoms with Crippen LogP contribution in [-0.2, 0) is 32.5 Å². The van der Waals surface area contributed by atoms with Gasteiger partial charge >= 0.3 is 6.85 Å². The number of hydrogen-bond donors (Lipinski definition) is 0. The van der Waals surface area contributed by atoms with Crippen molar-refractivity contribution >= 4 is 88.9 Å². The molecule has 388 valence electrons. The van der Waals surface area contributed by atoms with Gasteiger partial charge in [-0.2, -0.15) is 0 Å². The maximum atomic E-state index is 7.42. The molecule has 10 aromatic rings. The van der Waals surface area contributed by atoms with Gasteiger partial charge in [-0.1, -0.05) is 169 Å². The van der Waals surface area contributed by atoms with Crippen molar-refractivity contribution in [1.29, 1.82) is 0 Å². The average molecular weight is 1040 g/mol. The summed E-state index contributed by atoms with van der Waals surface area (Å²) in [6.45, 7) is 31.5. The molecular weight excluding hydrogens is 964 g/mol. The lowest BCUT2D eigenvalue weighted by atomic mass is 9.46. The van der Waals surface area contributed by atoms with Crippen molar-refractivity contribution in [1.82, 2.24) is 0 Å². The van der Waals surface area contributed by atoms with Gasteiger partial charge in [0.1, 0.15) is 5.58 Å². The van der Waals surface area contributed by atoms with Crippen LogP contribution in [0.1, 0.15) is 155 Å². The van der Waals surface area contributed by atoms with Crippen molar-refractivity contribution in [2.45, 2.75) is 148 Å². The van der Waals surface area contributed by atoms with Gasteiger partial charge in [0.05, 0.1) is 11.4 Å². The molecule has 0 spiro atoms. The summed E-state index contributed by atoms with van der Waals surface area (Å²) in [5.41, 5.74) is 27.2. The van der Waals surface area contributed by atoms with Gasteiger partial charge in [-0.25, -0.2) is 0 Å².